The van der Waals surface area contributed by atoms with Crippen LogP contribution in [0.3, 0.4) is 0 Å². The Hall–Kier alpha value is -1.10. The smallest absolute Gasteiger partial charge is 0.141 e. The van der Waals surface area contributed by atoms with E-state index in [-0.39, 0.29) is 0 Å². The standard InChI is InChI=1S/C14H15IN2/c1-10-8-11(2)14(12(3)9-10)17(15)13-6-4-5-7-16-13/h4-9H,1-3H3. The first kappa shape index (κ1) is 12.4. The Kier molecular flexibility index (Phi) is 3.66. The molecule has 1 aromatic carbocycles. The Labute approximate surface area is 116 Å². The Balaban J connectivity index is 2.48. The molecule has 0 atom stereocenters. The van der Waals surface area contributed by atoms with Gasteiger partial charge in [-0.3, -0.25) is 3.11 Å². The van der Waals surface area contributed by atoms with Gasteiger partial charge in [0, 0.05) is 6.20 Å². The zero-order valence-electron chi connectivity index (χ0n) is 10.2. The van der Waals surface area contributed by atoms with Crippen molar-refractivity contribution >= 4 is 34.4 Å². The summed E-state index contributed by atoms with van der Waals surface area (Å²) in [5.74, 6) is 0.961. The van der Waals surface area contributed by atoms with Crippen LogP contribution in [0.25, 0.3) is 0 Å². The molecule has 2 aromatic rings. The van der Waals surface area contributed by atoms with E-state index in [1.54, 1.807) is 0 Å². The lowest BCUT2D eigenvalue weighted by Crippen LogP contribution is -2.06. The maximum Gasteiger partial charge on any atom is 0.141 e. The van der Waals surface area contributed by atoms with Gasteiger partial charge in [-0.15, -0.1) is 0 Å². The molecule has 2 nitrogen and oxygen atoms in total. The second-order valence-corrected chi connectivity index (χ2v) is 5.18. The molecule has 0 saturated heterocycles. The van der Waals surface area contributed by atoms with Crippen molar-refractivity contribution in [2.24, 2.45) is 0 Å². The third kappa shape index (κ3) is 2.60. The van der Waals surface area contributed by atoms with Gasteiger partial charge in [-0.1, -0.05) is 23.8 Å². The molecule has 17 heavy (non-hydrogen) atoms. The SMILES string of the molecule is Cc1cc(C)c(N(I)c2ccccn2)c(C)c1. The molecule has 0 spiro atoms. The number of hydrogen-bond donors (Lipinski definition) is 0. The Morgan fingerprint density at radius 3 is 2.24 bits per heavy atom. The highest BCUT2D eigenvalue weighted by Crippen LogP contribution is 2.34. The van der Waals surface area contributed by atoms with Gasteiger partial charge in [0.2, 0.25) is 0 Å². The molecule has 0 amide bonds. The second-order valence-electron chi connectivity index (χ2n) is 4.22. The zero-order valence-corrected chi connectivity index (χ0v) is 12.4. The molecular weight excluding hydrogens is 323 g/mol. The van der Waals surface area contributed by atoms with Crippen LogP contribution in [-0.2, 0) is 0 Å². The van der Waals surface area contributed by atoms with Crippen molar-refractivity contribution in [2.75, 3.05) is 3.11 Å². The lowest BCUT2D eigenvalue weighted by Gasteiger charge is -2.20. The molecule has 0 aliphatic rings. The topological polar surface area (TPSA) is 16.1 Å². The average Bonchev–Trinajstić information content (AvgIpc) is 2.28. The van der Waals surface area contributed by atoms with E-state index in [9.17, 15) is 0 Å². The van der Waals surface area contributed by atoms with E-state index in [4.69, 9.17) is 0 Å². The van der Waals surface area contributed by atoms with Gasteiger partial charge in [0.05, 0.1) is 28.6 Å². The van der Waals surface area contributed by atoms with Gasteiger partial charge in [0.25, 0.3) is 0 Å². The van der Waals surface area contributed by atoms with E-state index in [1.807, 2.05) is 24.4 Å². The number of aryl methyl sites for hydroxylation is 3. The molecule has 0 aliphatic heterocycles. The first-order valence-electron chi connectivity index (χ1n) is 5.54. The van der Waals surface area contributed by atoms with Gasteiger partial charge < -0.3 is 0 Å². The van der Waals surface area contributed by atoms with E-state index in [1.165, 1.54) is 22.4 Å². The fraction of sp³-hybridized carbons (Fsp3) is 0.214. The summed E-state index contributed by atoms with van der Waals surface area (Å²) in [4.78, 5) is 4.38. The van der Waals surface area contributed by atoms with Crippen molar-refractivity contribution in [3.63, 3.8) is 0 Å². The van der Waals surface area contributed by atoms with Crippen molar-refractivity contribution < 1.29 is 0 Å². The van der Waals surface area contributed by atoms with Gasteiger partial charge in [-0.2, -0.15) is 0 Å². The van der Waals surface area contributed by atoms with Crippen molar-refractivity contribution in [3.05, 3.63) is 53.2 Å². The Bertz CT molecular complexity index is 500. The molecule has 0 radical (unpaired) electrons. The monoisotopic (exact) mass is 338 g/mol. The summed E-state index contributed by atoms with van der Waals surface area (Å²) in [6, 6.07) is 10.4. The quantitative estimate of drug-likeness (QED) is 0.592. The lowest BCUT2D eigenvalue weighted by atomic mass is 10.1. The zero-order chi connectivity index (χ0) is 12.4. The summed E-state index contributed by atoms with van der Waals surface area (Å²) in [5.41, 5.74) is 5.09. The molecule has 0 fully saturated rings. The molecule has 0 unspecified atom stereocenters. The van der Waals surface area contributed by atoms with Gasteiger partial charge >= 0.3 is 0 Å². The van der Waals surface area contributed by atoms with Crippen LogP contribution >= 0.6 is 22.9 Å². The highest BCUT2D eigenvalue weighted by atomic mass is 127. The number of nitrogens with zero attached hydrogens (tertiary/aromatic N) is 2. The van der Waals surface area contributed by atoms with Crippen LogP contribution in [0.5, 0.6) is 0 Å². The van der Waals surface area contributed by atoms with E-state index >= 15 is 0 Å². The van der Waals surface area contributed by atoms with Crippen LogP contribution in [0, 0.1) is 20.8 Å². The molecule has 0 aliphatic carbocycles. The van der Waals surface area contributed by atoms with Crippen LogP contribution < -0.4 is 3.11 Å². The van der Waals surface area contributed by atoms with Crippen LogP contribution in [0.15, 0.2) is 36.5 Å². The molecular formula is C14H15IN2. The van der Waals surface area contributed by atoms with E-state index in [0.29, 0.717) is 0 Å². The summed E-state index contributed by atoms with van der Waals surface area (Å²) in [6.45, 7) is 6.41. The van der Waals surface area contributed by atoms with Crippen molar-refractivity contribution in [3.8, 4) is 0 Å². The van der Waals surface area contributed by atoms with Crippen molar-refractivity contribution in [1.82, 2.24) is 4.98 Å². The maximum atomic E-state index is 4.38. The van der Waals surface area contributed by atoms with E-state index in [0.717, 1.165) is 5.82 Å². The molecule has 0 saturated carbocycles. The normalized spacial score (nSPS) is 10.4. The number of benzene rings is 1. The molecule has 88 valence electrons. The van der Waals surface area contributed by atoms with E-state index in [2.05, 4.69) is 63.9 Å². The minimum absolute atomic E-state index is 0.961. The minimum Gasteiger partial charge on any atom is -0.266 e. The van der Waals surface area contributed by atoms with E-state index < -0.39 is 0 Å². The largest absolute Gasteiger partial charge is 0.266 e. The van der Waals surface area contributed by atoms with Crippen LogP contribution in [-0.4, -0.2) is 4.98 Å². The molecule has 0 bridgehead atoms. The average molecular weight is 338 g/mol. The fourth-order valence-corrected chi connectivity index (χ4v) is 3.11. The molecule has 2 rings (SSSR count). The lowest BCUT2D eigenvalue weighted by molar-refractivity contribution is 1.23. The highest BCUT2D eigenvalue weighted by Gasteiger charge is 2.12. The fourth-order valence-electron chi connectivity index (χ4n) is 2.07. The molecule has 1 heterocycles. The summed E-state index contributed by atoms with van der Waals surface area (Å²) in [5, 5.41) is 0. The second kappa shape index (κ2) is 5.04. The number of hydrogen-bond acceptors (Lipinski definition) is 2. The van der Waals surface area contributed by atoms with Gasteiger partial charge in [-0.05, 0) is 44.0 Å². The van der Waals surface area contributed by atoms with Crippen molar-refractivity contribution in [1.29, 1.82) is 0 Å². The minimum atomic E-state index is 0.961. The Morgan fingerprint density at radius 2 is 1.71 bits per heavy atom. The molecule has 3 heteroatoms. The number of rotatable bonds is 2. The number of halogens is 1. The summed E-state index contributed by atoms with van der Waals surface area (Å²) in [7, 11) is 0. The third-order valence-electron chi connectivity index (χ3n) is 2.68. The summed E-state index contributed by atoms with van der Waals surface area (Å²) >= 11 is 2.31. The highest BCUT2D eigenvalue weighted by molar-refractivity contribution is 14.1. The number of pyridine rings is 1. The summed E-state index contributed by atoms with van der Waals surface area (Å²) < 4.78 is 2.11. The predicted octanol–water partition coefficient (Wildman–Crippen LogP) is 4.49. The van der Waals surface area contributed by atoms with Crippen molar-refractivity contribution in [2.45, 2.75) is 20.8 Å². The van der Waals surface area contributed by atoms with Crippen LogP contribution in [0.2, 0.25) is 0 Å². The molecule has 1 aromatic heterocycles. The number of anilines is 2. The predicted molar refractivity (Wildman–Crippen MR) is 81.0 cm³/mol. The van der Waals surface area contributed by atoms with Gasteiger partial charge in [0.15, 0.2) is 0 Å². The first-order chi connectivity index (χ1) is 8.09. The number of aromatic nitrogens is 1. The Morgan fingerprint density at radius 1 is 1.06 bits per heavy atom. The summed E-state index contributed by atoms with van der Waals surface area (Å²) in [6.07, 6.45) is 1.82. The molecule has 0 N–H and O–H groups in total. The van der Waals surface area contributed by atoms with Gasteiger partial charge in [0.1, 0.15) is 5.82 Å². The first-order valence-corrected chi connectivity index (χ1v) is 6.51. The maximum absolute atomic E-state index is 4.38. The van der Waals surface area contributed by atoms with Crippen LogP contribution in [0.1, 0.15) is 16.7 Å². The third-order valence-corrected chi connectivity index (χ3v) is 3.66. The van der Waals surface area contributed by atoms with Gasteiger partial charge in [-0.25, -0.2) is 4.98 Å². The van der Waals surface area contributed by atoms with Crippen LogP contribution in [0.4, 0.5) is 11.5 Å².